The van der Waals surface area contributed by atoms with Gasteiger partial charge in [0.2, 0.25) is 0 Å². The van der Waals surface area contributed by atoms with Crippen LogP contribution >= 0.6 is 0 Å². The molecule has 0 aromatic heterocycles. The fourth-order valence-electron chi connectivity index (χ4n) is 2.51. The van der Waals surface area contributed by atoms with Crippen LogP contribution < -0.4 is 0 Å². The minimum Gasteiger partial charge on any atom is -0.455 e. The lowest BCUT2D eigenvalue weighted by atomic mass is 9.92. The summed E-state index contributed by atoms with van der Waals surface area (Å²) in [4.78, 5) is 11.2. The van der Waals surface area contributed by atoms with Crippen molar-refractivity contribution in [2.75, 3.05) is 0 Å². The number of benzene rings is 2. The number of hydrogen-bond acceptors (Lipinski definition) is 2. The predicted octanol–water partition coefficient (Wildman–Crippen LogP) is 5.03. The Morgan fingerprint density at radius 3 is 2.17 bits per heavy atom. The zero-order valence-electron chi connectivity index (χ0n) is 13.4. The maximum Gasteiger partial charge on any atom is 0.309 e. The monoisotopic (exact) mass is 318 g/mol. The van der Waals surface area contributed by atoms with E-state index in [2.05, 4.69) is 0 Å². The van der Waals surface area contributed by atoms with Gasteiger partial charge in [-0.05, 0) is 23.1 Å². The molecule has 2 aromatic carbocycles. The summed E-state index contributed by atoms with van der Waals surface area (Å²) in [7, 11) is 0. The highest BCUT2D eigenvalue weighted by molar-refractivity contribution is 5.66. The van der Waals surface area contributed by atoms with E-state index in [4.69, 9.17) is 4.74 Å². The smallest absolute Gasteiger partial charge is 0.309 e. The summed E-state index contributed by atoms with van der Waals surface area (Å²) in [5.41, 5.74) is 1.41. The van der Waals surface area contributed by atoms with Gasteiger partial charge in [0, 0.05) is 12.5 Å². The minimum atomic E-state index is -3.26. The predicted molar refractivity (Wildman–Crippen MR) is 86.2 cm³/mol. The van der Waals surface area contributed by atoms with Crippen LogP contribution in [0, 0.1) is 5.92 Å². The van der Waals surface area contributed by atoms with Crippen molar-refractivity contribution in [2.45, 2.75) is 32.8 Å². The van der Waals surface area contributed by atoms with Crippen molar-refractivity contribution in [2.24, 2.45) is 5.92 Å². The molecule has 1 atom stereocenters. The SMILES string of the molecule is CC(=O)OC(C(C)C)C(F)(F)c1cccc(-c2ccccc2)c1. The van der Waals surface area contributed by atoms with E-state index in [1.807, 2.05) is 30.3 Å². The van der Waals surface area contributed by atoms with E-state index in [0.29, 0.717) is 5.56 Å². The van der Waals surface area contributed by atoms with Gasteiger partial charge in [-0.1, -0.05) is 62.4 Å². The van der Waals surface area contributed by atoms with Gasteiger partial charge in [0.1, 0.15) is 0 Å². The van der Waals surface area contributed by atoms with Crippen molar-refractivity contribution >= 4 is 5.97 Å². The summed E-state index contributed by atoms with van der Waals surface area (Å²) in [5.74, 6) is -4.47. The Morgan fingerprint density at radius 2 is 1.61 bits per heavy atom. The van der Waals surface area contributed by atoms with Crippen LogP contribution in [0.4, 0.5) is 8.78 Å². The molecule has 2 aromatic rings. The number of carbonyl (C=O) groups excluding carboxylic acids is 1. The summed E-state index contributed by atoms with van der Waals surface area (Å²) in [6, 6.07) is 15.5. The van der Waals surface area contributed by atoms with Crippen LogP contribution in [-0.2, 0) is 15.5 Å². The Balaban J connectivity index is 2.41. The second kappa shape index (κ2) is 6.90. The van der Waals surface area contributed by atoms with Crippen LogP contribution in [0.3, 0.4) is 0 Å². The molecule has 122 valence electrons. The first-order valence-electron chi connectivity index (χ1n) is 7.53. The highest BCUT2D eigenvalue weighted by Gasteiger charge is 2.45. The molecule has 0 aliphatic heterocycles. The fourth-order valence-corrected chi connectivity index (χ4v) is 2.51. The number of esters is 1. The molecule has 0 amide bonds. The van der Waals surface area contributed by atoms with Crippen molar-refractivity contribution in [3.05, 3.63) is 60.2 Å². The van der Waals surface area contributed by atoms with E-state index in [0.717, 1.165) is 12.5 Å². The largest absolute Gasteiger partial charge is 0.455 e. The second-order valence-electron chi connectivity index (χ2n) is 5.84. The van der Waals surface area contributed by atoms with E-state index >= 15 is 0 Å². The summed E-state index contributed by atoms with van der Waals surface area (Å²) in [6.07, 6.45) is -1.49. The molecule has 0 fully saturated rings. The van der Waals surface area contributed by atoms with E-state index < -0.39 is 23.9 Å². The Labute approximate surface area is 135 Å². The molecule has 0 heterocycles. The molecule has 2 nitrogen and oxygen atoms in total. The number of carbonyl (C=O) groups is 1. The maximum atomic E-state index is 14.9. The topological polar surface area (TPSA) is 26.3 Å². The van der Waals surface area contributed by atoms with Gasteiger partial charge in [0.05, 0.1) is 0 Å². The van der Waals surface area contributed by atoms with Crippen molar-refractivity contribution in [3.63, 3.8) is 0 Å². The Hall–Kier alpha value is -2.23. The van der Waals surface area contributed by atoms with Gasteiger partial charge in [-0.25, -0.2) is 0 Å². The molecule has 0 aliphatic carbocycles. The van der Waals surface area contributed by atoms with Gasteiger partial charge in [-0.3, -0.25) is 4.79 Å². The van der Waals surface area contributed by atoms with Crippen LogP contribution in [0.1, 0.15) is 26.3 Å². The first-order chi connectivity index (χ1) is 10.8. The number of hydrogen-bond donors (Lipinski definition) is 0. The van der Waals surface area contributed by atoms with Crippen LogP contribution in [0.5, 0.6) is 0 Å². The summed E-state index contributed by atoms with van der Waals surface area (Å²) < 4.78 is 34.6. The highest BCUT2D eigenvalue weighted by atomic mass is 19.3. The number of halogens is 2. The molecule has 1 unspecified atom stereocenters. The molecular weight excluding hydrogens is 298 g/mol. The normalized spacial score (nSPS) is 13.0. The van der Waals surface area contributed by atoms with Gasteiger partial charge >= 0.3 is 11.9 Å². The molecule has 0 radical (unpaired) electrons. The third kappa shape index (κ3) is 3.95. The summed E-state index contributed by atoms with van der Waals surface area (Å²) >= 11 is 0. The van der Waals surface area contributed by atoms with E-state index in [-0.39, 0.29) is 5.56 Å². The zero-order valence-corrected chi connectivity index (χ0v) is 13.4. The van der Waals surface area contributed by atoms with Gasteiger partial charge in [-0.2, -0.15) is 8.78 Å². The van der Waals surface area contributed by atoms with Crippen LogP contribution in [0.15, 0.2) is 54.6 Å². The molecule has 0 saturated carbocycles. The third-order valence-corrected chi connectivity index (χ3v) is 3.61. The summed E-state index contributed by atoms with van der Waals surface area (Å²) in [6.45, 7) is 4.37. The Morgan fingerprint density at radius 1 is 1.00 bits per heavy atom. The van der Waals surface area contributed by atoms with Crippen molar-refractivity contribution in [1.29, 1.82) is 0 Å². The zero-order chi connectivity index (χ0) is 17.0. The van der Waals surface area contributed by atoms with Crippen molar-refractivity contribution in [3.8, 4) is 11.1 Å². The summed E-state index contributed by atoms with van der Waals surface area (Å²) in [5, 5.41) is 0. The molecule has 23 heavy (non-hydrogen) atoms. The Kier molecular flexibility index (Phi) is 5.14. The minimum absolute atomic E-state index is 0.154. The number of rotatable bonds is 5. The number of alkyl halides is 2. The first kappa shape index (κ1) is 17.1. The highest BCUT2D eigenvalue weighted by Crippen LogP contribution is 2.38. The van der Waals surface area contributed by atoms with Crippen molar-refractivity contribution in [1.82, 2.24) is 0 Å². The molecule has 0 aliphatic rings. The molecule has 2 rings (SSSR count). The van der Waals surface area contributed by atoms with E-state index in [1.54, 1.807) is 26.0 Å². The van der Waals surface area contributed by atoms with Crippen LogP contribution in [0.2, 0.25) is 0 Å². The molecule has 0 saturated heterocycles. The van der Waals surface area contributed by atoms with Gasteiger partial charge in [0.15, 0.2) is 6.10 Å². The molecule has 0 spiro atoms. The number of ether oxygens (including phenoxy) is 1. The van der Waals surface area contributed by atoms with Gasteiger partial charge < -0.3 is 4.74 Å². The van der Waals surface area contributed by atoms with E-state index in [1.165, 1.54) is 12.1 Å². The van der Waals surface area contributed by atoms with Gasteiger partial charge in [0.25, 0.3) is 0 Å². The van der Waals surface area contributed by atoms with Crippen molar-refractivity contribution < 1.29 is 18.3 Å². The quantitative estimate of drug-likeness (QED) is 0.723. The lowest BCUT2D eigenvalue weighted by Gasteiger charge is -2.29. The average molecular weight is 318 g/mol. The Bertz CT molecular complexity index is 666. The van der Waals surface area contributed by atoms with Crippen LogP contribution in [0.25, 0.3) is 11.1 Å². The molecule has 4 heteroatoms. The molecule has 0 bridgehead atoms. The molecular formula is C19H20F2O2. The lowest BCUT2D eigenvalue weighted by molar-refractivity contribution is -0.182. The third-order valence-electron chi connectivity index (χ3n) is 3.61. The lowest BCUT2D eigenvalue weighted by Crippen LogP contribution is -2.39. The fraction of sp³-hybridized carbons (Fsp3) is 0.316. The molecule has 0 N–H and O–H groups in total. The standard InChI is InChI=1S/C19H20F2O2/c1-13(2)18(23-14(3)22)19(20,21)17-11-7-10-16(12-17)15-8-5-4-6-9-15/h4-13,18H,1-3H3. The average Bonchev–Trinajstić information content (AvgIpc) is 2.53. The van der Waals surface area contributed by atoms with Gasteiger partial charge in [-0.15, -0.1) is 0 Å². The first-order valence-corrected chi connectivity index (χ1v) is 7.53. The van der Waals surface area contributed by atoms with Crippen LogP contribution in [-0.4, -0.2) is 12.1 Å². The maximum absolute atomic E-state index is 14.9. The second-order valence-corrected chi connectivity index (χ2v) is 5.84. The van der Waals surface area contributed by atoms with E-state index in [9.17, 15) is 13.6 Å².